The summed E-state index contributed by atoms with van der Waals surface area (Å²) in [6.45, 7) is 18.4. The average Bonchev–Trinajstić information content (AvgIpc) is 3.79. The van der Waals surface area contributed by atoms with Gasteiger partial charge >= 0.3 is 0 Å². The summed E-state index contributed by atoms with van der Waals surface area (Å²) in [6, 6.07) is 46.6. The van der Waals surface area contributed by atoms with Crippen molar-refractivity contribution in [3.05, 3.63) is 150 Å². The molecule has 0 aliphatic heterocycles. The van der Waals surface area contributed by atoms with Crippen LogP contribution >= 0.6 is 0 Å². The first-order valence-corrected chi connectivity index (χ1v) is 19.2. The Hall–Kier alpha value is -5.80. The molecule has 3 heteroatoms. The molecule has 0 amide bonds. The quantitative estimate of drug-likeness (QED) is 0.183. The first kappa shape index (κ1) is 32.8. The Labute approximate surface area is 316 Å². The minimum Gasteiger partial charge on any atom is -0.456 e. The average molecular weight is 704 g/mol. The van der Waals surface area contributed by atoms with Gasteiger partial charge in [0.05, 0.1) is 22.1 Å². The van der Waals surface area contributed by atoms with Crippen LogP contribution in [0.4, 0.5) is 17.1 Å². The van der Waals surface area contributed by atoms with Gasteiger partial charge in [-0.2, -0.15) is 0 Å². The summed E-state index contributed by atoms with van der Waals surface area (Å²) in [6.07, 6.45) is 0. The molecule has 1 aliphatic carbocycles. The zero-order valence-electron chi connectivity index (χ0n) is 32.4. The molecule has 54 heavy (non-hydrogen) atoms. The van der Waals surface area contributed by atoms with Crippen LogP contribution in [0.5, 0.6) is 0 Å². The highest BCUT2D eigenvalue weighted by molar-refractivity contribution is 6.21. The minimum atomic E-state index is -0.114. The largest absolute Gasteiger partial charge is 0.456 e. The normalized spacial score (nSPS) is 14.1. The third-order valence-electron chi connectivity index (χ3n) is 11.9. The van der Waals surface area contributed by atoms with Crippen molar-refractivity contribution in [2.75, 3.05) is 4.90 Å². The number of benzene rings is 7. The van der Waals surface area contributed by atoms with Crippen LogP contribution in [0, 0.1) is 0 Å². The van der Waals surface area contributed by atoms with Gasteiger partial charge in [-0.05, 0) is 92.6 Å². The van der Waals surface area contributed by atoms with Crippen molar-refractivity contribution in [2.45, 2.75) is 71.6 Å². The lowest BCUT2D eigenvalue weighted by Gasteiger charge is -2.28. The smallest absolute Gasteiger partial charge is 0.143 e. The zero-order chi connectivity index (χ0) is 37.3. The van der Waals surface area contributed by atoms with E-state index < -0.39 is 0 Å². The van der Waals surface area contributed by atoms with E-state index in [9.17, 15) is 0 Å². The summed E-state index contributed by atoms with van der Waals surface area (Å²) in [5.74, 6) is 0. The number of hydrogen-bond donors (Lipinski definition) is 0. The van der Waals surface area contributed by atoms with E-state index in [1.807, 2.05) is 0 Å². The highest BCUT2D eigenvalue weighted by Crippen LogP contribution is 2.53. The van der Waals surface area contributed by atoms with E-state index in [4.69, 9.17) is 8.83 Å². The lowest BCUT2D eigenvalue weighted by molar-refractivity contribution is 0.559. The molecule has 2 aromatic heterocycles. The number of hydrogen-bond acceptors (Lipinski definition) is 3. The maximum Gasteiger partial charge on any atom is 0.143 e. The predicted molar refractivity (Wildman–Crippen MR) is 228 cm³/mol. The van der Waals surface area contributed by atoms with Crippen LogP contribution in [0.15, 0.2) is 136 Å². The molecule has 10 rings (SSSR count). The third-order valence-corrected chi connectivity index (χ3v) is 11.9. The van der Waals surface area contributed by atoms with E-state index in [-0.39, 0.29) is 16.2 Å². The molecule has 1 aliphatic rings. The summed E-state index contributed by atoms with van der Waals surface area (Å²) < 4.78 is 13.7. The van der Waals surface area contributed by atoms with Gasteiger partial charge in [0.2, 0.25) is 0 Å². The first-order chi connectivity index (χ1) is 25.8. The predicted octanol–water partition coefficient (Wildman–Crippen LogP) is 15.0. The monoisotopic (exact) mass is 703 g/mol. The van der Waals surface area contributed by atoms with E-state index >= 15 is 0 Å². The molecule has 0 radical (unpaired) electrons. The molecule has 0 saturated heterocycles. The molecular formula is C51H45NO2. The van der Waals surface area contributed by atoms with Crippen LogP contribution in [-0.4, -0.2) is 0 Å². The van der Waals surface area contributed by atoms with Crippen molar-refractivity contribution in [3.8, 4) is 11.1 Å². The van der Waals surface area contributed by atoms with E-state index in [1.54, 1.807) is 0 Å². The van der Waals surface area contributed by atoms with Crippen LogP contribution in [0.1, 0.15) is 77.6 Å². The van der Waals surface area contributed by atoms with Gasteiger partial charge in [0.25, 0.3) is 0 Å². The van der Waals surface area contributed by atoms with Gasteiger partial charge in [0.15, 0.2) is 0 Å². The molecule has 2 heterocycles. The molecule has 7 aromatic carbocycles. The Bertz CT molecular complexity index is 2990. The highest BCUT2D eigenvalue weighted by Gasteiger charge is 2.36. The van der Waals surface area contributed by atoms with Gasteiger partial charge in [-0.15, -0.1) is 0 Å². The lowest BCUT2D eigenvalue weighted by Crippen LogP contribution is -2.16. The molecule has 0 fully saturated rings. The fourth-order valence-electron chi connectivity index (χ4n) is 9.06. The zero-order valence-corrected chi connectivity index (χ0v) is 32.4. The fourth-order valence-corrected chi connectivity index (χ4v) is 9.06. The molecule has 0 N–H and O–H groups in total. The number of anilines is 3. The van der Waals surface area contributed by atoms with E-state index in [2.05, 4.69) is 188 Å². The van der Waals surface area contributed by atoms with Crippen LogP contribution in [0.25, 0.3) is 65.8 Å². The van der Waals surface area contributed by atoms with Gasteiger partial charge in [-0.3, -0.25) is 0 Å². The summed E-state index contributed by atoms with van der Waals surface area (Å²) in [7, 11) is 0. The number of rotatable bonds is 3. The Kier molecular flexibility index (Phi) is 6.76. The second-order valence-corrected chi connectivity index (χ2v) is 17.8. The number of nitrogens with zero attached hydrogens (tertiary/aromatic N) is 1. The van der Waals surface area contributed by atoms with E-state index in [0.717, 1.165) is 66.3 Å². The first-order valence-electron chi connectivity index (χ1n) is 19.2. The molecule has 3 nitrogen and oxygen atoms in total. The van der Waals surface area contributed by atoms with Crippen molar-refractivity contribution in [2.24, 2.45) is 0 Å². The molecule has 0 spiro atoms. The Balaban J connectivity index is 1.33. The summed E-state index contributed by atoms with van der Waals surface area (Å²) in [4.78, 5) is 2.46. The summed E-state index contributed by atoms with van der Waals surface area (Å²) in [5, 5.41) is 6.74. The van der Waals surface area contributed by atoms with Crippen LogP contribution in [0.2, 0.25) is 0 Å². The second-order valence-electron chi connectivity index (χ2n) is 17.8. The topological polar surface area (TPSA) is 29.5 Å². The molecular weight excluding hydrogens is 659 g/mol. The molecule has 9 aromatic rings. The minimum absolute atomic E-state index is 0.0450. The number of furan rings is 2. The summed E-state index contributed by atoms with van der Waals surface area (Å²) >= 11 is 0. The second kappa shape index (κ2) is 11.1. The van der Waals surface area contributed by atoms with Crippen LogP contribution in [-0.2, 0) is 16.2 Å². The van der Waals surface area contributed by atoms with Crippen molar-refractivity contribution >= 4 is 71.7 Å². The fraction of sp³-hybridized carbons (Fsp3) is 0.216. The number of fused-ring (bicyclic) bond motifs is 11. The van der Waals surface area contributed by atoms with Gasteiger partial charge in [0, 0.05) is 32.8 Å². The maximum absolute atomic E-state index is 6.93. The third kappa shape index (κ3) is 4.67. The summed E-state index contributed by atoms with van der Waals surface area (Å²) in [5.41, 5.74) is 14.4. The Morgan fingerprint density at radius 1 is 0.500 bits per heavy atom. The van der Waals surface area contributed by atoms with Crippen molar-refractivity contribution in [1.29, 1.82) is 0 Å². The van der Waals surface area contributed by atoms with Gasteiger partial charge in [-0.1, -0.05) is 134 Å². The van der Waals surface area contributed by atoms with Gasteiger partial charge in [0.1, 0.15) is 22.3 Å². The maximum atomic E-state index is 6.93. The molecule has 0 unspecified atom stereocenters. The Morgan fingerprint density at radius 3 is 1.87 bits per heavy atom. The molecule has 0 bridgehead atoms. The highest BCUT2D eigenvalue weighted by atomic mass is 16.3. The molecule has 266 valence electrons. The van der Waals surface area contributed by atoms with Crippen LogP contribution < -0.4 is 4.90 Å². The molecule has 0 saturated carbocycles. The van der Waals surface area contributed by atoms with Crippen molar-refractivity contribution < 1.29 is 8.83 Å². The standard InChI is InChI=1S/C51H45NO2/c1-49(2,3)31-27-37-46-42(20-14-22-44(46)54-48(37)40(28-31)50(4,5)6)52(32-24-26-39-36(29-32)34-17-11-12-18-38(34)51(39,7)8)41-19-13-21-43-45(41)35-25-23-30-15-9-10-16-33(30)47(35)53-43/h9-29H,1-8H3. The van der Waals surface area contributed by atoms with Gasteiger partial charge in [-0.25, -0.2) is 0 Å². The van der Waals surface area contributed by atoms with Gasteiger partial charge < -0.3 is 13.7 Å². The SMILES string of the molecule is CC(C)(C)c1cc(C(C)(C)C)c2oc3cccc(N(c4ccc5c(c4)-c4ccccc4C5(C)C)c4cccc5oc6c7ccccc7ccc6c45)c3c2c1. The van der Waals surface area contributed by atoms with Crippen molar-refractivity contribution in [3.63, 3.8) is 0 Å². The van der Waals surface area contributed by atoms with E-state index in [0.29, 0.717) is 0 Å². The van der Waals surface area contributed by atoms with Crippen LogP contribution in [0.3, 0.4) is 0 Å². The Morgan fingerprint density at radius 2 is 1.15 bits per heavy atom. The molecule has 0 atom stereocenters. The lowest BCUT2D eigenvalue weighted by atomic mass is 9.79. The van der Waals surface area contributed by atoms with E-state index in [1.165, 1.54) is 38.8 Å². The van der Waals surface area contributed by atoms with Crippen molar-refractivity contribution in [1.82, 2.24) is 0 Å².